The SMILES string of the molecule is CSc1ccc(N2C[C@@H](c3nnc(NC(=O)c4ccc(Br)cc4)o3)CC2=O)cc1. The Bertz CT molecular complexity index is 1040. The number of anilines is 2. The molecule has 1 aliphatic rings. The molecule has 0 bridgehead atoms. The van der Waals surface area contributed by atoms with E-state index in [2.05, 4.69) is 31.4 Å². The fourth-order valence-corrected chi connectivity index (χ4v) is 3.78. The minimum absolute atomic E-state index is 0.00514. The highest BCUT2D eigenvalue weighted by atomic mass is 79.9. The molecule has 2 heterocycles. The molecule has 148 valence electrons. The van der Waals surface area contributed by atoms with Crippen LogP contribution in [0.3, 0.4) is 0 Å². The maximum absolute atomic E-state index is 12.5. The Balaban J connectivity index is 1.43. The van der Waals surface area contributed by atoms with Crippen molar-refractivity contribution in [2.75, 3.05) is 23.0 Å². The lowest BCUT2D eigenvalue weighted by Crippen LogP contribution is -2.24. The van der Waals surface area contributed by atoms with E-state index in [9.17, 15) is 9.59 Å². The van der Waals surface area contributed by atoms with Crippen LogP contribution in [0.5, 0.6) is 0 Å². The first-order valence-corrected chi connectivity index (χ1v) is 10.9. The third-order valence-corrected chi connectivity index (χ3v) is 5.90. The molecule has 1 aromatic heterocycles. The highest BCUT2D eigenvalue weighted by Gasteiger charge is 2.35. The van der Waals surface area contributed by atoms with Crippen molar-refractivity contribution in [1.29, 1.82) is 0 Å². The number of hydrogen-bond acceptors (Lipinski definition) is 6. The van der Waals surface area contributed by atoms with Crippen molar-refractivity contribution in [3.8, 4) is 0 Å². The number of halogens is 1. The molecule has 2 amide bonds. The van der Waals surface area contributed by atoms with Gasteiger partial charge in [-0.15, -0.1) is 16.9 Å². The number of benzene rings is 2. The zero-order chi connectivity index (χ0) is 20.4. The van der Waals surface area contributed by atoms with E-state index < -0.39 is 0 Å². The van der Waals surface area contributed by atoms with Crippen LogP contribution < -0.4 is 10.2 Å². The number of amides is 2. The Hall–Kier alpha value is -2.65. The summed E-state index contributed by atoms with van der Waals surface area (Å²) in [6.07, 6.45) is 2.29. The second-order valence-corrected chi connectivity index (χ2v) is 8.31. The summed E-state index contributed by atoms with van der Waals surface area (Å²) >= 11 is 4.98. The van der Waals surface area contributed by atoms with Crippen LogP contribution in [0.2, 0.25) is 0 Å². The van der Waals surface area contributed by atoms with E-state index in [0.29, 0.717) is 18.0 Å². The van der Waals surface area contributed by atoms with Crippen LogP contribution in [-0.4, -0.2) is 34.8 Å². The van der Waals surface area contributed by atoms with E-state index in [1.54, 1.807) is 40.9 Å². The molecule has 2 aromatic carbocycles. The average Bonchev–Trinajstić information content (AvgIpc) is 3.35. The highest BCUT2D eigenvalue weighted by molar-refractivity contribution is 9.10. The molecule has 1 saturated heterocycles. The van der Waals surface area contributed by atoms with Gasteiger partial charge in [0, 0.05) is 33.6 Å². The topological polar surface area (TPSA) is 88.3 Å². The maximum Gasteiger partial charge on any atom is 0.322 e. The van der Waals surface area contributed by atoms with E-state index in [1.165, 1.54) is 0 Å². The lowest BCUT2D eigenvalue weighted by atomic mass is 10.1. The van der Waals surface area contributed by atoms with Crippen LogP contribution in [0.15, 0.2) is 62.3 Å². The number of carbonyl (C=O) groups is 2. The predicted octanol–water partition coefficient (Wildman–Crippen LogP) is 4.33. The van der Waals surface area contributed by atoms with Gasteiger partial charge < -0.3 is 9.32 Å². The molecule has 1 atom stereocenters. The average molecular weight is 473 g/mol. The van der Waals surface area contributed by atoms with E-state index in [-0.39, 0.29) is 30.2 Å². The number of rotatable bonds is 5. The summed E-state index contributed by atoms with van der Waals surface area (Å²) in [5.74, 6) is -0.211. The Morgan fingerprint density at radius 3 is 2.59 bits per heavy atom. The Labute approximate surface area is 180 Å². The van der Waals surface area contributed by atoms with Gasteiger partial charge >= 0.3 is 6.01 Å². The minimum atomic E-state index is -0.342. The molecule has 0 spiro atoms. The molecule has 29 heavy (non-hydrogen) atoms. The third-order valence-electron chi connectivity index (χ3n) is 4.63. The minimum Gasteiger partial charge on any atom is -0.407 e. The Morgan fingerprint density at radius 2 is 1.90 bits per heavy atom. The summed E-state index contributed by atoms with van der Waals surface area (Å²) in [4.78, 5) is 27.6. The number of carbonyl (C=O) groups excluding carboxylic acids is 2. The van der Waals surface area contributed by atoms with E-state index in [1.807, 2.05) is 30.5 Å². The molecule has 7 nitrogen and oxygen atoms in total. The summed E-state index contributed by atoms with van der Waals surface area (Å²) in [7, 11) is 0. The summed E-state index contributed by atoms with van der Waals surface area (Å²) in [5.41, 5.74) is 1.32. The van der Waals surface area contributed by atoms with Crippen LogP contribution in [-0.2, 0) is 4.79 Å². The number of nitrogens with zero attached hydrogens (tertiary/aromatic N) is 3. The number of nitrogens with one attached hydrogen (secondary N) is 1. The Morgan fingerprint density at radius 1 is 1.17 bits per heavy atom. The number of hydrogen-bond donors (Lipinski definition) is 1. The molecule has 1 aliphatic heterocycles. The third kappa shape index (κ3) is 4.35. The fourth-order valence-electron chi connectivity index (χ4n) is 3.11. The second-order valence-electron chi connectivity index (χ2n) is 6.51. The zero-order valence-corrected chi connectivity index (χ0v) is 17.9. The van der Waals surface area contributed by atoms with Gasteiger partial charge in [0.05, 0.1) is 5.92 Å². The Kier molecular flexibility index (Phi) is 5.68. The summed E-state index contributed by atoms with van der Waals surface area (Å²) in [6.45, 7) is 0.458. The van der Waals surface area contributed by atoms with Crippen molar-refractivity contribution in [3.63, 3.8) is 0 Å². The summed E-state index contributed by atoms with van der Waals surface area (Å²) in [5, 5.41) is 10.5. The van der Waals surface area contributed by atoms with Gasteiger partial charge in [-0.25, -0.2) is 0 Å². The fraction of sp³-hybridized carbons (Fsp3) is 0.200. The van der Waals surface area contributed by atoms with Gasteiger partial charge in [0.2, 0.25) is 11.8 Å². The van der Waals surface area contributed by atoms with Gasteiger partial charge in [0.1, 0.15) is 0 Å². The standard InChI is InChI=1S/C20H17BrN4O3S/c1-29-16-8-6-15(7-9-16)25-11-13(10-17(25)26)19-23-24-20(28-19)22-18(27)12-2-4-14(21)5-3-12/h2-9,13H,10-11H2,1H3,(H,22,24,27)/t13-/m0/s1. The smallest absolute Gasteiger partial charge is 0.322 e. The van der Waals surface area contributed by atoms with Gasteiger partial charge in [-0.2, -0.15) is 0 Å². The summed E-state index contributed by atoms with van der Waals surface area (Å²) in [6, 6.07) is 14.8. The van der Waals surface area contributed by atoms with Crippen molar-refractivity contribution in [1.82, 2.24) is 10.2 Å². The normalized spacial score (nSPS) is 16.3. The molecular weight excluding hydrogens is 456 g/mol. The lowest BCUT2D eigenvalue weighted by molar-refractivity contribution is -0.117. The first-order valence-electron chi connectivity index (χ1n) is 8.88. The largest absolute Gasteiger partial charge is 0.407 e. The van der Waals surface area contributed by atoms with Crippen molar-refractivity contribution in [2.24, 2.45) is 0 Å². The molecule has 4 rings (SSSR count). The predicted molar refractivity (Wildman–Crippen MR) is 114 cm³/mol. The first kappa shape index (κ1) is 19.7. The maximum atomic E-state index is 12.5. The van der Waals surface area contributed by atoms with Gasteiger partial charge in [-0.3, -0.25) is 14.9 Å². The van der Waals surface area contributed by atoms with Crippen LogP contribution >= 0.6 is 27.7 Å². The van der Waals surface area contributed by atoms with Crippen molar-refractivity contribution < 1.29 is 14.0 Å². The molecule has 9 heteroatoms. The van der Waals surface area contributed by atoms with Gasteiger partial charge in [0.25, 0.3) is 5.91 Å². The van der Waals surface area contributed by atoms with Gasteiger partial charge in [-0.05, 0) is 54.8 Å². The second kappa shape index (κ2) is 8.38. The summed E-state index contributed by atoms with van der Waals surface area (Å²) < 4.78 is 6.49. The molecule has 1 fully saturated rings. The van der Waals surface area contributed by atoms with Crippen molar-refractivity contribution >= 4 is 51.2 Å². The van der Waals surface area contributed by atoms with Crippen LogP contribution in [0.25, 0.3) is 0 Å². The first-order chi connectivity index (χ1) is 14.0. The lowest BCUT2D eigenvalue weighted by Gasteiger charge is -2.16. The number of aromatic nitrogens is 2. The van der Waals surface area contributed by atoms with Gasteiger partial charge in [-0.1, -0.05) is 21.0 Å². The van der Waals surface area contributed by atoms with Gasteiger partial charge in [0.15, 0.2) is 0 Å². The molecule has 0 aliphatic carbocycles. The van der Waals surface area contributed by atoms with E-state index in [4.69, 9.17) is 4.42 Å². The molecule has 0 saturated carbocycles. The molecule has 3 aromatic rings. The molecule has 1 N–H and O–H groups in total. The quantitative estimate of drug-likeness (QED) is 0.556. The molecular formula is C20H17BrN4O3S. The van der Waals surface area contributed by atoms with E-state index in [0.717, 1.165) is 15.1 Å². The van der Waals surface area contributed by atoms with Crippen LogP contribution in [0.4, 0.5) is 11.7 Å². The van der Waals surface area contributed by atoms with E-state index >= 15 is 0 Å². The zero-order valence-electron chi connectivity index (χ0n) is 15.5. The molecule has 0 radical (unpaired) electrons. The molecule has 0 unspecified atom stereocenters. The highest BCUT2D eigenvalue weighted by Crippen LogP contribution is 2.32. The van der Waals surface area contributed by atoms with Crippen LogP contribution in [0.1, 0.15) is 28.6 Å². The monoisotopic (exact) mass is 472 g/mol. The number of thioether (sulfide) groups is 1. The van der Waals surface area contributed by atoms with Crippen molar-refractivity contribution in [3.05, 3.63) is 64.5 Å². The van der Waals surface area contributed by atoms with Crippen LogP contribution in [0, 0.1) is 0 Å². The van der Waals surface area contributed by atoms with Crippen molar-refractivity contribution in [2.45, 2.75) is 17.2 Å².